The second-order valence-corrected chi connectivity index (χ2v) is 11.2. The van der Waals surface area contributed by atoms with Gasteiger partial charge in [-0.25, -0.2) is 0 Å². The number of aromatic nitrogens is 2. The summed E-state index contributed by atoms with van der Waals surface area (Å²) >= 11 is 0. The molecule has 1 fully saturated rings. The minimum absolute atomic E-state index is 0.823. The van der Waals surface area contributed by atoms with Crippen LogP contribution in [0.2, 0.25) is 0 Å². The van der Waals surface area contributed by atoms with E-state index in [0.717, 1.165) is 47.6 Å². The summed E-state index contributed by atoms with van der Waals surface area (Å²) in [5.74, 6) is 2.89. The Morgan fingerprint density at radius 3 is 1.89 bits per heavy atom. The molecule has 0 aliphatic heterocycles. The number of benzene rings is 1. The van der Waals surface area contributed by atoms with Gasteiger partial charge in [-0.15, -0.1) is 0 Å². The molecule has 2 aromatic rings. The zero-order valence-corrected chi connectivity index (χ0v) is 23.4. The van der Waals surface area contributed by atoms with Gasteiger partial charge in [0.05, 0.1) is 24.2 Å². The largest absolute Gasteiger partial charge is 0.494 e. The van der Waals surface area contributed by atoms with Crippen LogP contribution in [0.3, 0.4) is 0 Å². The first-order chi connectivity index (χ1) is 17.8. The summed E-state index contributed by atoms with van der Waals surface area (Å²) in [5.41, 5.74) is 3.14. The molecule has 0 saturated heterocycles. The molecule has 200 valence electrons. The van der Waals surface area contributed by atoms with Crippen molar-refractivity contribution in [3.8, 4) is 17.0 Å². The van der Waals surface area contributed by atoms with Crippen molar-refractivity contribution in [3.63, 3.8) is 0 Å². The second-order valence-electron chi connectivity index (χ2n) is 11.2. The Balaban J connectivity index is 1.27. The molecule has 0 N–H and O–H groups in total. The molecule has 0 bridgehead atoms. The van der Waals surface area contributed by atoms with Crippen LogP contribution in [0.15, 0.2) is 36.7 Å². The maximum absolute atomic E-state index is 6.05. The van der Waals surface area contributed by atoms with Crippen LogP contribution in [0.4, 0.5) is 0 Å². The monoisotopic (exact) mass is 492 g/mol. The van der Waals surface area contributed by atoms with Gasteiger partial charge in [-0.3, -0.25) is 9.97 Å². The van der Waals surface area contributed by atoms with E-state index >= 15 is 0 Å². The molecule has 0 unspecified atom stereocenters. The number of nitrogens with zero attached hydrogens (tertiary/aromatic N) is 2. The highest BCUT2D eigenvalue weighted by Gasteiger charge is 2.20. The minimum Gasteiger partial charge on any atom is -0.494 e. The Morgan fingerprint density at radius 2 is 1.28 bits per heavy atom. The summed E-state index contributed by atoms with van der Waals surface area (Å²) in [6.07, 6.45) is 28.2. The van der Waals surface area contributed by atoms with Crippen LogP contribution >= 0.6 is 0 Å². The first kappa shape index (κ1) is 28.7. The smallest absolute Gasteiger partial charge is 0.119 e. The van der Waals surface area contributed by atoms with Crippen LogP contribution in [0, 0.1) is 11.8 Å². The molecule has 0 radical (unpaired) electrons. The van der Waals surface area contributed by atoms with E-state index < -0.39 is 0 Å². The van der Waals surface area contributed by atoms with Crippen molar-refractivity contribution in [1.29, 1.82) is 0 Å². The Bertz CT molecular complexity index is 793. The van der Waals surface area contributed by atoms with E-state index in [1.54, 1.807) is 0 Å². The third kappa shape index (κ3) is 11.0. The molecule has 0 spiro atoms. The van der Waals surface area contributed by atoms with Gasteiger partial charge in [0.25, 0.3) is 0 Å². The van der Waals surface area contributed by atoms with E-state index in [9.17, 15) is 0 Å². The quantitative estimate of drug-likeness (QED) is 0.194. The lowest BCUT2D eigenvalue weighted by atomic mass is 9.78. The van der Waals surface area contributed by atoms with Crippen molar-refractivity contribution < 1.29 is 4.74 Å². The molecule has 3 heteroatoms. The Kier molecular flexibility index (Phi) is 14.0. The molecule has 0 atom stereocenters. The van der Waals surface area contributed by atoms with Crippen LogP contribution in [-0.4, -0.2) is 16.6 Å². The van der Waals surface area contributed by atoms with Gasteiger partial charge < -0.3 is 4.74 Å². The number of aryl methyl sites for hydroxylation is 1. The summed E-state index contributed by atoms with van der Waals surface area (Å²) < 4.78 is 6.05. The zero-order chi connectivity index (χ0) is 25.3. The van der Waals surface area contributed by atoms with Gasteiger partial charge in [0.2, 0.25) is 0 Å². The lowest BCUT2D eigenvalue weighted by Gasteiger charge is -2.28. The molecule has 1 heterocycles. The Morgan fingerprint density at radius 1 is 0.667 bits per heavy atom. The predicted octanol–water partition coefficient (Wildman–Crippen LogP) is 9.98. The average molecular weight is 493 g/mol. The molecule has 1 aromatic heterocycles. The maximum Gasteiger partial charge on any atom is 0.119 e. The average Bonchev–Trinajstić information content (AvgIpc) is 2.92. The highest BCUT2D eigenvalue weighted by Crippen LogP contribution is 2.34. The van der Waals surface area contributed by atoms with Gasteiger partial charge in [-0.2, -0.15) is 0 Å². The molecular weight excluding hydrogens is 440 g/mol. The molecule has 0 amide bonds. The van der Waals surface area contributed by atoms with Gasteiger partial charge in [0.1, 0.15) is 5.75 Å². The molecule has 3 nitrogen and oxygen atoms in total. The fraction of sp³-hybridized carbons (Fsp3) is 0.697. The predicted molar refractivity (Wildman–Crippen MR) is 153 cm³/mol. The summed E-state index contributed by atoms with van der Waals surface area (Å²) in [7, 11) is 0. The molecule has 1 aliphatic carbocycles. The molecule has 3 rings (SSSR count). The lowest BCUT2D eigenvalue weighted by molar-refractivity contribution is 0.228. The van der Waals surface area contributed by atoms with Crippen LogP contribution in [0.5, 0.6) is 5.75 Å². The lowest BCUT2D eigenvalue weighted by Crippen LogP contribution is -2.15. The SMILES string of the molecule is CCCCCCCc1cnc(-c2ccc(OCCC[C@H]3CC[C@H](CCCCCCC)CC3)cc2)cn1. The molecule has 1 saturated carbocycles. The van der Waals surface area contributed by atoms with Crippen molar-refractivity contribution in [2.45, 2.75) is 129 Å². The van der Waals surface area contributed by atoms with Crippen molar-refractivity contribution in [2.24, 2.45) is 11.8 Å². The van der Waals surface area contributed by atoms with Gasteiger partial charge >= 0.3 is 0 Å². The van der Waals surface area contributed by atoms with Crippen LogP contribution < -0.4 is 4.74 Å². The maximum atomic E-state index is 6.05. The number of hydrogen-bond acceptors (Lipinski definition) is 3. The fourth-order valence-electron chi connectivity index (χ4n) is 5.67. The normalized spacial score (nSPS) is 17.8. The third-order valence-electron chi connectivity index (χ3n) is 8.10. The van der Waals surface area contributed by atoms with E-state index in [1.807, 2.05) is 12.4 Å². The van der Waals surface area contributed by atoms with Crippen molar-refractivity contribution in [1.82, 2.24) is 9.97 Å². The first-order valence-electron chi connectivity index (χ1n) is 15.3. The first-order valence-corrected chi connectivity index (χ1v) is 15.3. The van der Waals surface area contributed by atoms with Gasteiger partial charge in [0.15, 0.2) is 0 Å². The molecule has 1 aliphatic rings. The van der Waals surface area contributed by atoms with Crippen molar-refractivity contribution in [3.05, 3.63) is 42.4 Å². The zero-order valence-electron chi connectivity index (χ0n) is 23.4. The number of hydrogen-bond donors (Lipinski definition) is 0. The van der Waals surface area contributed by atoms with Crippen molar-refractivity contribution in [2.75, 3.05) is 6.61 Å². The summed E-state index contributed by atoms with van der Waals surface area (Å²) in [5, 5.41) is 0. The standard InChI is InChI=1S/C33H52N2O/c1-3-5-7-9-11-14-28-17-19-29(20-18-28)15-13-25-36-32-23-21-30(22-24-32)33-27-34-31(26-35-33)16-12-10-8-6-4-2/h21-24,26-29H,3-20,25H2,1-2H3/t28-,29-. The Labute approximate surface area is 221 Å². The minimum atomic E-state index is 0.823. The van der Waals surface area contributed by atoms with E-state index in [4.69, 9.17) is 4.74 Å². The highest BCUT2D eigenvalue weighted by molar-refractivity contribution is 5.58. The number of unbranched alkanes of at least 4 members (excludes halogenated alkanes) is 8. The Hall–Kier alpha value is -1.90. The molecular formula is C33H52N2O. The molecule has 1 aromatic carbocycles. The summed E-state index contributed by atoms with van der Waals surface area (Å²) in [4.78, 5) is 9.29. The topological polar surface area (TPSA) is 35.0 Å². The van der Waals surface area contributed by atoms with E-state index in [-0.39, 0.29) is 0 Å². The van der Waals surface area contributed by atoms with E-state index in [2.05, 4.69) is 48.1 Å². The summed E-state index contributed by atoms with van der Waals surface area (Å²) in [6.45, 7) is 5.38. The number of ether oxygens (including phenoxy) is 1. The van der Waals surface area contributed by atoms with E-state index in [0.29, 0.717) is 0 Å². The van der Waals surface area contributed by atoms with Crippen LogP contribution in [0.1, 0.15) is 129 Å². The number of rotatable bonds is 18. The van der Waals surface area contributed by atoms with Crippen molar-refractivity contribution >= 4 is 0 Å². The van der Waals surface area contributed by atoms with Gasteiger partial charge in [-0.05, 0) is 61.8 Å². The van der Waals surface area contributed by atoms with Crippen LogP contribution in [0.25, 0.3) is 11.3 Å². The van der Waals surface area contributed by atoms with Gasteiger partial charge in [-0.1, -0.05) is 104 Å². The van der Waals surface area contributed by atoms with Gasteiger partial charge in [0, 0.05) is 11.8 Å². The van der Waals surface area contributed by atoms with E-state index in [1.165, 1.54) is 109 Å². The summed E-state index contributed by atoms with van der Waals surface area (Å²) in [6, 6.07) is 8.36. The third-order valence-corrected chi connectivity index (χ3v) is 8.10. The fourth-order valence-corrected chi connectivity index (χ4v) is 5.67. The van der Waals surface area contributed by atoms with Crippen LogP contribution in [-0.2, 0) is 6.42 Å². The molecule has 36 heavy (non-hydrogen) atoms. The second kappa shape index (κ2) is 17.5. The highest BCUT2D eigenvalue weighted by atomic mass is 16.5.